The average molecular weight is 713 g/mol. The molecule has 56 heavy (non-hydrogen) atoms. The van der Waals surface area contributed by atoms with E-state index in [1.807, 2.05) is 0 Å². The second-order valence-corrected chi connectivity index (χ2v) is 15.2. The molecule has 0 spiro atoms. The average Bonchev–Trinajstić information content (AvgIpc) is 3.79. The first kappa shape index (κ1) is 31.2. The summed E-state index contributed by atoms with van der Waals surface area (Å²) in [6.07, 6.45) is 6.84. The largest absolute Gasteiger partial charge is 0.309 e. The molecule has 262 valence electrons. The number of para-hydroxylation sites is 2. The molecule has 1 aliphatic rings. The van der Waals surface area contributed by atoms with Crippen molar-refractivity contribution in [2.75, 3.05) is 0 Å². The smallest absolute Gasteiger partial charge is 0.0622 e. The number of hydrogen-bond acceptors (Lipinski definition) is 0. The maximum atomic E-state index is 2.54. The van der Waals surface area contributed by atoms with Gasteiger partial charge in [0.15, 0.2) is 0 Å². The zero-order chi connectivity index (χ0) is 36.7. The molecule has 0 aliphatic heterocycles. The standard InChI is InChI=1S/C54H36N2/c1-3-13-35(14-4-1)36-23-28-41(29-24-36)56-50-32-27-38(39-26-30-45-44-20-11-12-22-49(44)55(51(45)34-39)40-16-5-2-6-17-40)33-48(50)53-52-42-18-8-7-15-37(42)25-31-46(52)43-19-9-10-21-47(43)54(53)56/h1-8,10-18,20-34H,9,19H2. The molecule has 2 aromatic heterocycles. The van der Waals surface area contributed by atoms with Crippen LogP contribution in [0.1, 0.15) is 17.5 Å². The molecule has 9 aromatic carbocycles. The predicted molar refractivity (Wildman–Crippen MR) is 238 cm³/mol. The van der Waals surface area contributed by atoms with Gasteiger partial charge >= 0.3 is 0 Å². The summed E-state index contributed by atoms with van der Waals surface area (Å²) in [4.78, 5) is 0. The minimum atomic E-state index is 1.03. The minimum absolute atomic E-state index is 1.03. The van der Waals surface area contributed by atoms with Crippen LogP contribution in [0.2, 0.25) is 0 Å². The molecule has 11 aromatic rings. The topological polar surface area (TPSA) is 9.86 Å². The molecule has 0 N–H and O–H groups in total. The van der Waals surface area contributed by atoms with Crippen LogP contribution >= 0.6 is 0 Å². The first-order chi connectivity index (χ1) is 27.8. The zero-order valence-electron chi connectivity index (χ0n) is 30.8. The molecule has 0 amide bonds. The highest BCUT2D eigenvalue weighted by atomic mass is 15.0. The second-order valence-electron chi connectivity index (χ2n) is 15.2. The van der Waals surface area contributed by atoms with Crippen molar-refractivity contribution < 1.29 is 0 Å². The highest BCUT2D eigenvalue weighted by Crippen LogP contribution is 2.46. The van der Waals surface area contributed by atoms with Gasteiger partial charge in [0.25, 0.3) is 0 Å². The van der Waals surface area contributed by atoms with Crippen molar-refractivity contribution in [1.29, 1.82) is 0 Å². The monoisotopic (exact) mass is 712 g/mol. The number of fused-ring (bicyclic) bond motifs is 13. The van der Waals surface area contributed by atoms with Crippen LogP contribution in [-0.4, -0.2) is 9.13 Å². The number of nitrogens with zero attached hydrogens (tertiary/aromatic N) is 2. The summed E-state index contributed by atoms with van der Waals surface area (Å²) in [6.45, 7) is 0. The molecule has 2 heteroatoms. The molecule has 0 unspecified atom stereocenters. The van der Waals surface area contributed by atoms with Gasteiger partial charge in [-0.25, -0.2) is 0 Å². The zero-order valence-corrected chi connectivity index (χ0v) is 30.8. The first-order valence-corrected chi connectivity index (χ1v) is 19.7. The Kier molecular flexibility index (Phi) is 6.79. The van der Waals surface area contributed by atoms with Crippen LogP contribution in [0, 0.1) is 0 Å². The van der Waals surface area contributed by atoms with E-state index in [1.165, 1.54) is 110 Å². The molecule has 0 radical (unpaired) electrons. The van der Waals surface area contributed by atoms with E-state index in [-0.39, 0.29) is 0 Å². The van der Waals surface area contributed by atoms with Gasteiger partial charge in [0.1, 0.15) is 0 Å². The number of allylic oxidation sites excluding steroid dienone is 1. The van der Waals surface area contributed by atoms with Gasteiger partial charge in [-0.15, -0.1) is 0 Å². The normalized spacial score (nSPS) is 12.8. The van der Waals surface area contributed by atoms with Crippen LogP contribution in [0.25, 0.3) is 105 Å². The van der Waals surface area contributed by atoms with Crippen molar-refractivity contribution >= 4 is 71.2 Å². The van der Waals surface area contributed by atoms with Crippen LogP contribution in [0.3, 0.4) is 0 Å². The van der Waals surface area contributed by atoms with Gasteiger partial charge in [-0.2, -0.15) is 0 Å². The van der Waals surface area contributed by atoms with Crippen molar-refractivity contribution in [2.24, 2.45) is 0 Å². The molecule has 0 saturated heterocycles. The summed E-state index contributed by atoms with van der Waals surface area (Å²) >= 11 is 0. The van der Waals surface area contributed by atoms with Gasteiger partial charge in [-0.05, 0) is 111 Å². The van der Waals surface area contributed by atoms with Crippen molar-refractivity contribution in [3.05, 3.63) is 199 Å². The molecule has 0 bridgehead atoms. The van der Waals surface area contributed by atoms with E-state index in [1.54, 1.807) is 0 Å². The summed E-state index contributed by atoms with van der Waals surface area (Å²) in [5.41, 5.74) is 14.9. The Bertz CT molecular complexity index is 3380. The molecule has 0 saturated carbocycles. The summed E-state index contributed by atoms with van der Waals surface area (Å²) in [7, 11) is 0. The number of rotatable bonds is 4. The fraction of sp³-hybridized carbons (Fsp3) is 0.0370. The highest BCUT2D eigenvalue weighted by Gasteiger charge is 2.24. The van der Waals surface area contributed by atoms with Crippen LogP contribution in [0.5, 0.6) is 0 Å². The lowest BCUT2D eigenvalue weighted by atomic mass is 9.86. The molecular weight excluding hydrogens is 677 g/mol. The van der Waals surface area contributed by atoms with Crippen molar-refractivity contribution in [3.8, 4) is 33.6 Å². The third-order valence-electron chi connectivity index (χ3n) is 12.2. The maximum Gasteiger partial charge on any atom is 0.0622 e. The van der Waals surface area contributed by atoms with Crippen LogP contribution < -0.4 is 0 Å². The van der Waals surface area contributed by atoms with Gasteiger partial charge in [0, 0.05) is 38.5 Å². The molecular formula is C54H36N2. The number of aromatic nitrogens is 2. The first-order valence-electron chi connectivity index (χ1n) is 19.7. The maximum absolute atomic E-state index is 2.54. The number of benzene rings is 9. The van der Waals surface area contributed by atoms with Crippen molar-refractivity contribution in [3.63, 3.8) is 0 Å². The summed E-state index contributed by atoms with van der Waals surface area (Å²) in [5.74, 6) is 0. The lowest BCUT2D eigenvalue weighted by Crippen LogP contribution is -2.02. The molecule has 1 aliphatic carbocycles. The van der Waals surface area contributed by atoms with Gasteiger partial charge in [-0.3, -0.25) is 0 Å². The lowest BCUT2D eigenvalue weighted by molar-refractivity contribution is 0.997. The van der Waals surface area contributed by atoms with Gasteiger partial charge in [0.05, 0.1) is 22.1 Å². The second kappa shape index (κ2) is 12.2. The van der Waals surface area contributed by atoms with E-state index >= 15 is 0 Å². The Morgan fingerprint density at radius 1 is 0.375 bits per heavy atom. The SMILES string of the molecule is C1=Cc2c(c3ccc4ccccc4c3c3c4cc(-c5ccc6c7ccccc7n(-c7ccccc7)c6c5)ccc4n(-c4ccc(-c5ccccc5)cc4)c23)CC1. The summed E-state index contributed by atoms with van der Waals surface area (Å²) in [6, 6.07) is 67.2. The third-order valence-corrected chi connectivity index (χ3v) is 12.2. The minimum Gasteiger partial charge on any atom is -0.309 e. The van der Waals surface area contributed by atoms with Crippen LogP contribution in [0.15, 0.2) is 188 Å². The number of aryl methyl sites for hydroxylation is 1. The van der Waals surface area contributed by atoms with Gasteiger partial charge in [-0.1, -0.05) is 146 Å². The van der Waals surface area contributed by atoms with Crippen LogP contribution in [0.4, 0.5) is 0 Å². The molecule has 12 rings (SSSR count). The molecule has 2 nitrogen and oxygen atoms in total. The van der Waals surface area contributed by atoms with Crippen molar-refractivity contribution in [1.82, 2.24) is 9.13 Å². The van der Waals surface area contributed by atoms with Gasteiger partial charge in [0.2, 0.25) is 0 Å². The Balaban J connectivity index is 1.18. The quantitative estimate of drug-likeness (QED) is 0.161. The van der Waals surface area contributed by atoms with Crippen molar-refractivity contribution in [2.45, 2.75) is 12.8 Å². The Morgan fingerprint density at radius 3 is 1.86 bits per heavy atom. The fourth-order valence-electron chi connectivity index (χ4n) is 9.64. The molecule has 2 heterocycles. The lowest BCUT2D eigenvalue weighted by Gasteiger charge is -2.19. The van der Waals surface area contributed by atoms with E-state index in [4.69, 9.17) is 0 Å². The fourth-order valence-corrected chi connectivity index (χ4v) is 9.64. The molecule has 0 atom stereocenters. The van der Waals surface area contributed by atoms with E-state index < -0.39 is 0 Å². The Morgan fingerprint density at radius 2 is 1.00 bits per heavy atom. The van der Waals surface area contributed by atoms with Gasteiger partial charge < -0.3 is 9.13 Å². The van der Waals surface area contributed by atoms with E-state index in [0.29, 0.717) is 0 Å². The summed E-state index contributed by atoms with van der Waals surface area (Å²) < 4.78 is 4.95. The Hall–Kier alpha value is -7.16. The highest BCUT2D eigenvalue weighted by molar-refractivity contribution is 6.31. The van der Waals surface area contributed by atoms with E-state index in [0.717, 1.165) is 12.8 Å². The Labute approximate surface area is 324 Å². The summed E-state index contributed by atoms with van der Waals surface area (Å²) in [5, 5.41) is 10.4. The number of hydrogen-bond donors (Lipinski definition) is 0. The third kappa shape index (κ3) is 4.56. The van der Waals surface area contributed by atoms with E-state index in [2.05, 4.69) is 203 Å². The van der Waals surface area contributed by atoms with Crippen LogP contribution in [-0.2, 0) is 6.42 Å². The molecule has 0 fully saturated rings. The van der Waals surface area contributed by atoms with E-state index in [9.17, 15) is 0 Å². The predicted octanol–water partition coefficient (Wildman–Crippen LogP) is 14.5.